The van der Waals surface area contributed by atoms with Gasteiger partial charge in [0.15, 0.2) is 5.13 Å². The first-order valence-electron chi connectivity index (χ1n) is 6.95. The number of hydrogen-bond acceptors (Lipinski definition) is 5. The van der Waals surface area contributed by atoms with Gasteiger partial charge >= 0.3 is 0 Å². The van der Waals surface area contributed by atoms with Crippen LogP contribution in [-0.4, -0.2) is 35.1 Å². The predicted octanol–water partition coefficient (Wildman–Crippen LogP) is 3.00. The van der Waals surface area contributed by atoms with E-state index in [0.29, 0.717) is 5.13 Å². The Kier molecular flexibility index (Phi) is 4.75. The van der Waals surface area contributed by atoms with Crippen LogP contribution in [0.2, 0.25) is 0 Å². The summed E-state index contributed by atoms with van der Waals surface area (Å²) >= 11 is 2.93. The number of benzene rings is 1. The Morgan fingerprint density at radius 1 is 1.45 bits per heavy atom. The van der Waals surface area contributed by atoms with Crippen LogP contribution in [0, 0.1) is 5.82 Å². The van der Waals surface area contributed by atoms with Gasteiger partial charge in [-0.3, -0.25) is 4.79 Å². The zero-order valence-corrected chi connectivity index (χ0v) is 13.8. The largest absolute Gasteiger partial charge is 0.301 e. The maximum Gasteiger partial charge on any atom is 0.236 e. The first-order valence-corrected chi connectivity index (χ1v) is 8.76. The van der Waals surface area contributed by atoms with Crippen LogP contribution in [0.5, 0.6) is 0 Å². The van der Waals surface area contributed by atoms with E-state index in [2.05, 4.69) is 22.2 Å². The molecule has 1 aliphatic rings. The molecule has 2 heterocycles. The van der Waals surface area contributed by atoms with Crippen LogP contribution in [0.1, 0.15) is 10.6 Å². The predicted molar refractivity (Wildman–Crippen MR) is 87.9 cm³/mol. The molecular weight excluding hydrogens is 321 g/mol. The van der Waals surface area contributed by atoms with E-state index in [0.717, 1.165) is 30.1 Å². The van der Waals surface area contributed by atoms with E-state index in [1.165, 1.54) is 28.8 Å². The summed E-state index contributed by atoms with van der Waals surface area (Å²) in [7, 11) is 2.08. The fourth-order valence-electron chi connectivity index (χ4n) is 2.21. The average molecular weight is 337 g/mol. The molecule has 0 aliphatic carbocycles. The van der Waals surface area contributed by atoms with E-state index in [9.17, 15) is 9.18 Å². The molecule has 0 atom stereocenters. The second-order valence-electron chi connectivity index (χ2n) is 5.17. The highest BCUT2D eigenvalue weighted by Gasteiger charge is 2.19. The quantitative estimate of drug-likeness (QED) is 0.871. The molecule has 0 fully saturated rings. The number of aromatic nitrogens is 1. The van der Waals surface area contributed by atoms with Crippen molar-refractivity contribution in [1.29, 1.82) is 0 Å². The first kappa shape index (κ1) is 15.5. The van der Waals surface area contributed by atoms with Crippen molar-refractivity contribution in [2.24, 2.45) is 0 Å². The number of nitrogens with zero attached hydrogens (tertiary/aromatic N) is 2. The van der Waals surface area contributed by atoms with Crippen LogP contribution in [0.3, 0.4) is 0 Å². The highest BCUT2D eigenvalue weighted by molar-refractivity contribution is 8.00. The molecule has 1 N–H and O–H groups in total. The van der Waals surface area contributed by atoms with Crippen LogP contribution in [0.25, 0.3) is 0 Å². The number of carbonyl (C=O) groups excluding carboxylic acids is 1. The topological polar surface area (TPSA) is 45.2 Å². The van der Waals surface area contributed by atoms with Crippen molar-refractivity contribution in [3.05, 3.63) is 40.7 Å². The van der Waals surface area contributed by atoms with Crippen molar-refractivity contribution in [3.63, 3.8) is 0 Å². The molecule has 7 heteroatoms. The number of carbonyl (C=O) groups is 1. The third-order valence-electron chi connectivity index (χ3n) is 3.35. The van der Waals surface area contributed by atoms with Gasteiger partial charge in [0.25, 0.3) is 0 Å². The minimum atomic E-state index is -0.271. The van der Waals surface area contributed by atoms with Gasteiger partial charge in [-0.05, 0) is 31.3 Å². The molecular formula is C15H16FN3OS2. The second kappa shape index (κ2) is 6.76. The van der Waals surface area contributed by atoms with Gasteiger partial charge in [-0.15, -0.1) is 23.1 Å². The van der Waals surface area contributed by atoms with Gasteiger partial charge < -0.3 is 10.2 Å². The van der Waals surface area contributed by atoms with Gasteiger partial charge in [0.1, 0.15) is 5.82 Å². The number of rotatable bonds is 4. The van der Waals surface area contributed by atoms with Gasteiger partial charge in [0.2, 0.25) is 5.91 Å². The lowest BCUT2D eigenvalue weighted by atomic mass is 10.2. The summed E-state index contributed by atoms with van der Waals surface area (Å²) in [5.74, 6) is -0.0728. The van der Waals surface area contributed by atoms with Gasteiger partial charge in [0.05, 0.1) is 11.4 Å². The minimum Gasteiger partial charge on any atom is -0.301 e. The van der Waals surface area contributed by atoms with Crippen molar-refractivity contribution in [1.82, 2.24) is 9.88 Å². The number of thiazole rings is 1. The van der Waals surface area contributed by atoms with Gasteiger partial charge in [-0.25, -0.2) is 9.37 Å². The summed E-state index contributed by atoms with van der Waals surface area (Å²) in [6.45, 7) is 1.90. The Labute approximate surface area is 136 Å². The SMILES string of the molecule is CN1CCc2nc(NC(=O)CSc3ccc(F)cc3)sc2C1. The van der Waals surface area contributed by atoms with Gasteiger partial charge in [0, 0.05) is 29.3 Å². The van der Waals surface area contributed by atoms with E-state index in [-0.39, 0.29) is 17.5 Å². The number of amides is 1. The van der Waals surface area contributed by atoms with E-state index in [1.807, 2.05) is 0 Å². The summed E-state index contributed by atoms with van der Waals surface area (Å²) in [6.07, 6.45) is 0.933. The first-order chi connectivity index (χ1) is 10.6. The third kappa shape index (κ3) is 3.85. The van der Waals surface area contributed by atoms with Crippen molar-refractivity contribution < 1.29 is 9.18 Å². The number of likely N-dealkylation sites (N-methyl/N-ethyl adjacent to an activating group) is 1. The van der Waals surface area contributed by atoms with Crippen LogP contribution >= 0.6 is 23.1 Å². The third-order valence-corrected chi connectivity index (χ3v) is 5.36. The van der Waals surface area contributed by atoms with Crippen LogP contribution < -0.4 is 5.32 Å². The molecule has 1 aromatic carbocycles. The van der Waals surface area contributed by atoms with Crippen molar-refractivity contribution in [3.8, 4) is 0 Å². The highest BCUT2D eigenvalue weighted by Crippen LogP contribution is 2.28. The number of halogens is 1. The van der Waals surface area contributed by atoms with E-state index in [4.69, 9.17) is 0 Å². The van der Waals surface area contributed by atoms with Crippen molar-refractivity contribution >= 4 is 34.1 Å². The molecule has 116 valence electrons. The number of anilines is 1. The van der Waals surface area contributed by atoms with Crippen LogP contribution in [0.15, 0.2) is 29.2 Å². The second-order valence-corrected chi connectivity index (χ2v) is 7.30. The lowest BCUT2D eigenvalue weighted by Crippen LogP contribution is -2.25. The summed E-state index contributed by atoms with van der Waals surface area (Å²) in [5, 5.41) is 3.52. The fourth-order valence-corrected chi connectivity index (χ4v) is 4.01. The molecule has 1 aliphatic heterocycles. The average Bonchev–Trinajstić information content (AvgIpc) is 2.88. The monoisotopic (exact) mass is 337 g/mol. The summed E-state index contributed by atoms with van der Waals surface area (Å²) in [4.78, 5) is 20.8. The van der Waals surface area contributed by atoms with Gasteiger partial charge in [-0.2, -0.15) is 0 Å². The number of fused-ring (bicyclic) bond motifs is 1. The highest BCUT2D eigenvalue weighted by atomic mass is 32.2. The molecule has 1 amide bonds. The summed E-state index contributed by atoms with van der Waals surface area (Å²) < 4.78 is 12.8. The van der Waals surface area contributed by atoms with Crippen molar-refractivity contribution in [2.45, 2.75) is 17.9 Å². The van der Waals surface area contributed by atoms with E-state index in [1.54, 1.807) is 23.5 Å². The molecule has 22 heavy (non-hydrogen) atoms. The minimum absolute atomic E-state index is 0.0891. The Morgan fingerprint density at radius 3 is 3.00 bits per heavy atom. The normalized spacial score (nSPS) is 14.6. The van der Waals surface area contributed by atoms with E-state index >= 15 is 0 Å². The van der Waals surface area contributed by atoms with Crippen LogP contribution in [-0.2, 0) is 17.8 Å². The Morgan fingerprint density at radius 2 is 2.23 bits per heavy atom. The standard InChI is InChI=1S/C15H16FN3OS2/c1-19-7-6-12-13(8-19)22-15(17-12)18-14(20)9-21-11-4-2-10(16)3-5-11/h2-5H,6-9H2,1H3,(H,17,18,20). The number of hydrogen-bond donors (Lipinski definition) is 1. The fraction of sp³-hybridized carbons (Fsp3) is 0.333. The lowest BCUT2D eigenvalue weighted by Gasteiger charge is -2.20. The summed E-state index contributed by atoms with van der Waals surface area (Å²) in [6, 6.07) is 6.13. The van der Waals surface area contributed by atoms with E-state index < -0.39 is 0 Å². The molecule has 0 saturated carbocycles. The van der Waals surface area contributed by atoms with Crippen LogP contribution in [0.4, 0.5) is 9.52 Å². The number of nitrogens with one attached hydrogen (secondary N) is 1. The maximum absolute atomic E-state index is 12.8. The Bertz CT molecular complexity index is 672. The molecule has 0 bridgehead atoms. The molecule has 0 radical (unpaired) electrons. The molecule has 3 rings (SSSR count). The molecule has 1 aromatic heterocycles. The van der Waals surface area contributed by atoms with Crippen molar-refractivity contribution in [2.75, 3.05) is 24.7 Å². The molecule has 4 nitrogen and oxygen atoms in total. The van der Waals surface area contributed by atoms with Gasteiger partial charge in [-0.1, -0.05) is 0 Å². The smallest absolute Gasteiger partial charge is 0.236 e. The molecule has 2 aromatic rings. The zero-order chi connectivity index (χ0) is 15.5. The Hall–Kier alpha value is -1.44. The zero-order valence-electron chi connectivity index (χ0n) is 12.1. The summed E-state index contributed by atoms with van der Waals surface area (Å²) in [5.41, 5.74) is 1.10. The molecule has 0 unspecified atom stereocenters. The Balaban J connectivity index is 1.54. The molecule has 0 saturated heterocycles. The molecule has 0 spiro atoms. The maximum atomic E-state index is 12.8. The number of thioether (sulfide) groups is 1. The lowest BCUT2D eigenvalue weighted by molar-refractivity contribution is -0.113.